The molecule has 0 bridgehead atoms. The van der Waals surface area contributed by atoms with Gasteiger partial charge in [0.25, 0.3) is 5.69 Å². The van der Waals surface area contributed by atoms with Crippen LogP contribution in [0.1, 0.15) is 0 Å². The number of nitrogens with one attached hydrogen (secondary N) is 1. The molecule has 11 heteroatoms. The van der Waals surface area contributed by atoms with E-state index in [9.17, 15) is 23.7 Å². The van der Waals surface area contributed by atoms with Crippen LogP contribution in [0.3, 0.4) is 0 Å². The lowest BCUT2D eigenvalue weighted by Crippen LogP contribution is -2.48. The zero-order valence-corrected chi connectivity index (χ0v) is 17.6. The number of hydrogen-bond acceptors (Lipinski definition) is 7. The summed E-state index contributed by atoms with van der Waals surface area (Å²) in [4.78, 5) is 31.5. The van der Waals surface area contributed by atoms with Crippen molar-refractivity contribution in [1.82, 2.24) is 9.88 Å². The van der Waals surface area contributed by atoms with E-state index in [0.29, 0.717) is 48.3 Å². The summed E-state index contributed by atoms with van der Waals surface area (Å²) in [7, 11) is 0. The van der Waals surface area contributed by atoms with E-state index < -0.39 is 16.6 Å². The van der Waals surface area contributed by atoms with Gasteiger partial charge in [-0.3, -0.25) is 19.8 Å². The molecular formula is C21H19F2N5O3S. The van der Waals surface area contributed by atoms with E-state index >= 15 is 0 Å². The summed E-state index contributed by atoms with van der Waals surface area (Å²) in [5, 5.41) is 16.0. The molecular weight excluding hydrogens is 440 g/mol. The van der Waals surface area contributed by atoms with Gasteiger partial charge in [0.1, 0.15) is 5.69 Å². The number of anilines is 2. The third-order valence-electron chi connectivity index (χ3n) is 5.12. The molecule has 0 spiro atoms. The molecule has 1 aromatic heterocycles. The highest BCUT2D eigenvalue weighted by atomic mass is 32.1. The Labute approximate surface area is 186 Å². The van der Waals surface area contributed by atoms with E-state index in [1.165, 1.54) is 23.5 Å². The zero-order valence-electron chi connectivity index (χ0n) is 16.8. The molecule has 32 heavy (non-hydrogen) atoms. The molecule has 4 rings (SSSR count). The lowest BCUT2D eigenvalue weighted by atomic mass is 10.2. The molecule has 166 valence electrons. The number of amides is 1. The van der Waals surface area contributed by atoms with E-state index in [0.717, 1.165) is 12.1 Å². The van der Waals surface area contributed by atoms with Crippen LogP contribution in [-0.2, 0) is 4.79 Å². The monoisotopic (exact) mass is 459 g/mol. The van der Waals surface area contributed by atoms with E-state index in [2.05, 4.69) is 10.3 Å². The number of rotatable bonds is 6. The summed E-state index contributed by atoms with van der Waals surface area (Å²) in [6.45, 7) is 2.45. The van der Waals surface area contributed by atoms with Crippen LogP contribution in [0.2, 0.25) is 0 Å². The SMILES string of the molecule is O=C(CN1CCN(c2ccccc2[N+](=O)[O-])CC1)Nc1nc(-c2ccc(F)c(F)c2)cs1. The molecule has 0 aliphatic carbocycles. The molecule has 0 atom stereocenters. The summed E-state index contributed by atoms with van der Waals surface area (Å²) in [5.74, 6) is -2.13. The third kappa shape index (κ3) is 4.89. The maximum atomic E-state index is 13.4. The van der Waals surface area contributed by atoms with Gasteiger partial charge in [0, 0.05) is 43.2 Å². The molecule has 2 heterocycles. The predicted octanol–water partition coefficient (Wildman–Crippen LogP) is 3.76. The Kier molecular flexibility index (Phi) is 6.37. The molecule has 1 fully saturated rings. The van der Waals surface area contributed by atoms with E-state index in [1.54, 1.807) is 23.6 Å². The molecule has 1 saturated heterocycles. The van der Waals surface area contributed by atoms with Gasteiger partial charge in [-0.15, -0.1) is 11.3 Å². The van der Waals surface area contributed by atoms with Gasteiger partial charge in [-0.05, 0) is 24.3 Å². The van der Waals surface area contributed by atoms with Gasteiger partial charge < -0.3 is 10.2 Å². The largest absolute Gasteiger partial charge is 0.363 e. The van der Waals surface area contributed by atoms with Crippen molar-refractivity contribution in [1.29, 1.82) is 0 Å². The van der Waals surface area contributed by atoms with Crippen LogP contribution >= 0.6 is 11.3 Å². The standard InChI is InChI=1S/C21H19F2N5O3S/c22-15-6-5-14(11-16(15)23)17-13-32-21(24-17)25-20(29)12-26-7-9-27(10-8-26)18-3-1-2-4-19(18)28(30)31/h1-6,11,13H,7-10,12H2,(H,24,25,29). The van der Waals surface area contributed by atoms with Crippen LogP contribution in [0, 0.1) is 21.7 Å². The molecule has 1 aliphatic heterocycles. The number of halogens is 2. The van der Waals surface area contributed by atoms with Gasteiger partial charge in [0.2, 0.25) is 5.91 Å². The zero-order chi connectivity index (χ0) is 22.7. The second-order valence-electron chi connectivity index (χ2n) is 7.22. The maximum absolute atomic E-state index is 13.4. The molecule has 0 radical (unpaired) electrons. The summed E-state index contributed by atoms with van der Waals surface area (Å²) < 4.78 is 26.5. The van der Waals surface area contributed by atoms with Crippen molar-refractivity contribution in [2.75, 3.05) is 42.9 Å². The van der Waals surface area contributed by atoms with Gasteiger partial charge in [-0.25, -0.2) is 13.8 Å². The van der Waals surface area contributed by atoms with Crippen LogP contribution < -0.4 is 10.2 Å². The van der Waals surface area contributed by atoms with E-state index in [4.69, 9.17) is 0 Å². The van der Waals surface area contributed by atoms with Crippen molar-refractivity contribution in [2.45, 2.75) is 0 Å². The smallest absolute Gasteiger partial charge is 0.292 e. The van der Waals surface area contributed by atoms with Gasteiger partial charge in [0.05, 0.1) is 17.2 Å². The van der Waals surface area contributed by atoms with Crippen molar-refractivity contribution < 1.29 is 18.5 Å². The van der Waals surface area contributed by atoms with E-state index in [-0.39, 0.29) is 18.1 Å². The number of carbonyl (C=O) groups is 1. The number of nitro benzene ring substituents is 1. The molecule has 1 N–H and O–H groups in total. The Bertz CT molecular complexity index is 1150. The van der Waals surface area contributed by atoms with E-state index in [1.807, 2.05) is 9.80 Å². The van der Waals surface area contributed by atoms with Crippen molar-refractivity contribution in [3.63, 3.8) is 0 Å². The van der Waals surface area contributed by atoms with Gasteiger partial charge >= 0.3 is 0 Å². The second-order valence-corrected chi connectivity index (χ2v) is 8.08. The summed E-state index contributed by atoms with van der Waals surface area (Å²) in [5.41, 5.74) is 1.52. The number of aromatic nitrogens is 1. The molecule has 0 unspecified atom stereocenters. The average Bonchev–Trinajstić information content (AvgIpc) is 3.24. The maximum Gasteiger partial charge on any atom is 0.292 e. The topological polar surface area (TPSA) is 91.6 Å². The summed E-state index contributed by atoms with van der Waals surface area (Å²) >= 11 is 1.20. The number of para-hydroxylation sites is 2. The van der Waals surface area contributed by atoms with Crippen LogP contribution in [0.25, 0.3) is 11.3 Å². The van der Waals surface area contributed by atoms with Crippen LogP contribution in [-0.4, -0.2) is 53.4 Å². The van der Waals surface area contributed by atoms with Crippen molar-refractivity contribution in [2.24, 2.45) is 0 Å². The first-order valence-electron chi connectivity index (χ1n) is 9.82. The van der Waals surface area contributed by atoms with Gasteiger partial charge in [0.15, 0.2) is 16.8 Å². The summed E-state index contributed by atoms with van der Waals surface area (Å²) in [6.07, 6.45) is 0. The molecule has 8 nitrogen and oxygen atoms in total. The molecule has 3 aromatic rings. The fourth-order valence-electron chi connectivity index (χ4n) is 3.51. The first-order valence-corrected chi connectivity index (χ1v) is 10.7. The fourth-order valence-corrected chi connectivity index (χ4v) is 4.25. The normalized spacial score (nSPS) is 14.4. The average molecular weight is 459 g/mol. The van der Waals surface area contributed by atoms with Crippen LogP contribution in [0.4, 0.5) is 25.3 Å². The van der Waals surface area contributed by atoms with Crippen molar-refractivity contribution in [3.05, 3.63) is 69.6 Å². The minimum atomic E-state index is -0.957. The first-order chi connectivity index (χ1) is 15.4. The third-order valence-corrected chi connectivity index (χ3v) is 5.88. The number of benzene rings is 2. The Balaban J connectivity index is 1.31. The minimum Gasteiger partial charge on any atom is -0.363 e. The molecule has 1 aliphatic rings. The predicted molar refractivity (Wildman–Crippen MR) is 118 cm³/mol. The highest BCUT2D eigenvalue weighted by molar-refractivity contribution is 7.14. The second kappa shape index (κ2) is 9.37. The Morgan fingerprint density at radius 2 is 1.88 bits per heavy atom. The van der Waals surface area contributed by atoms with Crippen molar-refractivity contribution >= 4 is 33.8 Å². The number of nitro groups is 1. The number of hydrogen-bond donors (Lipinski definition) is 1. The van der Waals surface area contributed by atoms with Crippen LogP contribution in [0.15, 0.2) is 47.8 Å². The number of nitrogens with zero attached hydrogens (tertiary/aromatic N) is 4. The Morgan fingerprint density at radius 3 is 2.59 bits per heavy atom. The lowest BCUT2D eigenvalue weighted by Gasteiger charge is -2.35. The lowest BCUT2D eigenvalue weighted by molar-refractivity contribution is -0.384. The molecule has 2 aromatic carbocycles. The summed E-state index contributed by atoms with van der Waals surface area (Å²) in [6, 6.07) is 10.1. The fraction of sp³-hybridized carbons (Fsp3) is 0.238. The quantitative estimate of drug-likeness (QED) is 0.446. The molecule has 0 saturated carbocycles. The Hall–Kier alpha value is -3.44. The Morgan fingerprint density at radius 1 is 1.12 bits per heavy atom. The molecule has 1 amide bonds. The number of carbonyl (C=O) groups excluding carboxylic acids is 1. The minimum absolute atomic E-state index is 0.0688. The van der Waals surface area contributed by atoms with Crippen molar-refractivity contribution in [3.8, 4) is 11.3 Å². The van der Waals surface area contributed by atoms with Crippen LogP contribution in [0.5, 0.6) is 0 Å². The number of thiazole rings is 1. The van der Waals surface area contributed by atoms with Gasteiger partial charge in [-0.2, -0.15) is 0 Å². The highest BCUT2D eigenvalue weighted by Crippen LogP contribution is 2.29. The highest BCUT2D eigenvalue weighted by Gasteiger charge is 2.24. The van der Waals surface area contributed by atoms with Gasteiger partial charge in [-0.1, -0.05) is 12.1 Å². The number of piperazine rings is 1. The first kappa shape index (κ1) is 21.8.